The minimum absolute atomic E-state index is 0.153. The van der Waals surface area contributed by atoms with E-state index < -0.39 is 36.8 Å². The molecule has 0 aliphatic rings. The molecule has 2 aromatic carbocycles. The van der Waals surface area contributed by atoms with Gasteiger partial charge in [0.2, 0.25) is 0 Å². The minimum atomic E-state index is -3.58. The number of rotatable bonds is 6. The molecular weight excluding hydrogens is 388 g/mol. The van der Waals surface area contributed by atoms with Gasteiger partial charge in [-0.1, -0.05) is 36.4 Å². The molecule has 0 bridgehead atoms. The molecule has 0 saturated carbocycles. The van der Waals surface area contributed by atoms with Gasteiger partial charge in [-0.3, -0.25) is 4.79 Å². The first-order valence-corrected chi connectivity index (χ1v) is 11.6. The van der Waals surface area contributed by atoms with Gasteiger partial charge in [0.15, 0.2) is 25.5 Å². The maximum absolute atomic E-state index is 11.9. The number of carbonyl (C=O) groups is 1. The van der Waals surface area contributed by atoms with Gasteiger partial charge in [0, 0.05) is 13.4 Å². The van der Waals surface area contributed by atoms with E-state index in [4.69, 9.17) is 4.74 Å². The number of sulfone groups is 2. The van der Waals surface area contributed by atoms with Crippen LogP contribution in [0.5, 0.6) is 0 Å². The zero-order valence-corrected chi connectivity index (χ0v) is 17.4. The van der Waals surface area contributed by atoms with E-state index in [0.29, 0.717) is 4.90 Å². The number of hydrogen-bond acceptors (Lipinski definition) is 6. The molecule has 0 saturated heterocycles. The van der Waals surface area contributed by atoms with Crippen LogP contribution in [-0.2, 0) is 29.2 Å². The number of hydrogen-bond donors (Lipinski definition) is 0. The van der Waals surface area contributed by atoms with E-state index in [1.165, 1.54) is 25.5 Å². The smallest absolute Gasteiger partial charge is 0.185 e. The van der Waals surface area contributed by atoms with Crippen molar-refractivity contribution < 1.29 is 26.4 Å². The zero-order chi connectivity index (χ0) is 20.7. The lowest BCUT2D eigenvalue weighted by atomic mass is 10.1. The summed E-state index contributed by atoms with van der Waals surface area (Å²) in [7, 11) is -5.20. The van der Waals surface area contributed by atoms with Crippen LogP contribution in [0, 0.1) is 0 Å². The van der Waals surface area contributed by atoms with Gasteiger partial charge in [0.25, 0.3) is 0 Å². The fraction of sp³-hybridized carbons (Fsp3) is 0.316. The third kappa shape index (κ3) is 7.24. The standard InChI is InChI=1S/C12H16O4S.C7H8O2S/c1-12(2,16-3)11(13)9-17(14,15)10-7-5-4-6-8-10;1-10(8,9)7-5-3-2-4-6-7/h4-8H,9H2,1-3H3;2-6H,1H3. The number of Topliss-reactive ketones (excluding diaryl/α,β-unsaturated/α-hetero) is 1. The third-order valence-corrected chi connectivity index (χ3v) is 6.54. The third-order valence-electron chi connectivity index (χ3n) is 3.78. The van der Waals surface area contributed by atoms with Crippen LogP contribution in [0.2, 0.25) is 0 Å². The Morgan fingerprint density at radius 2 is 1.26 bits per heavy atom. The van der Waals surface area contributed by atoms with E-state index in [9.17, 15) is 21.6 Å². The highest BCUT2D eigenvalue weighted by atomic mass is 32.2. The predicted octanol–water partition coefficient (Wildman–Crippen LogP) is 2.54. The van der Waals surface area contributed by atoms with Crippen LogP contribution in [-0.4, -0.2) is 47.3 Å². The first kappa shape index (κ1) is 23.0. The molecule has 0 N–H and O–H groups in total. The van der Waals surface area contributed by atoms with Gasteiger partial charge >= 0.3 is 0 Å². The molecule has 0 unspecified atom stereocenters. The van der Waals surface area contributed by atoms with Crippen molar-refractivity contribution in [3.05, 3.63) is 60.7 Å². The summed E-state index contributed by atoms with van der Waals surface area (Å²) in [5.41, 5.74) is -1.08. The summed E-state index contributed by atoms with van der Waals surface area (Å²) in [5.74, 6) is -0.999. The lowest BCUT2D eigenvalue weighted by Gasteiger charge is -2.20. The van der Waals surface area contributed by atoms with Crippen molar-refractivity contribution in [1.29, 1.82) is 0 Å². The van der Waals surface area contributed by atoms with Crippen molar-refractivity contribution in [2.75, 3.05) is 19.1 Å². The lowest BCUT2D eigenvalue weighted by molar-refractivity contribution is -0.134. The first-order valence-electron chi connectivity index (χ1n) is 8.01. The summed E-state index contributed by atoms with van der Waals surface area (Å²) in [6.45, 7) is 3.10. The Balaban J connectivity index is 0.000000309. The van der Waals surface area contributed by atoms with Crippen LogP contribution >= 0.6 is 0 Å². The second-order valence-corrected chi connectivity index (χ2v) is 10.3. The van der Waals surface area contributed by atoms with Crippen LogP contribution in [0.25, 0.3) is 0 Å². The highest BCUT2D eigenvalue weighted by Crippen LogP contribution is 2.15. The van der Waals surface area contributed by atoms with E-state index in [1.807, 2.05) is 0 Å². The molecule has 0 radical (unpaired) electrons. The van der Waals surface area contributed by atoms with Gasteiger partial charge in [-0.15, -0.1) is 0 Å². The molecule has 0 heterocycles. The minimum Gasteiger partial charge on any atom is -0.371 e. The van der Waals surface area contributed by atoms with E-state index in [1.54, 1.807) is 62.4 Å². The van der Waals surface area contributed by atoms with E-state index >= 15 is 0 Å². The average molecular weight is 413 g/mol. The summed E-state index contributed by atoms with van der Waals surface area (Å²) in [6.07, 6.45) is 1.20. The fourth-order valence-corrected chi connectivity index (χ4v) is 3.92. The molecule has 0 amide bonds. The quantitative estimate of drug-likeness (QED) is 0.724. The van der Waals surface area contributed by atoms with Crippen molar-refractivity contribution in [3.63, 3.8) is 0 Å². The summed E-state index contributed by atoms with van der Waals surface area (Å²) in [4.78, 5) is 12.3. The Labute approximate surface area is 161 Å². The van der Waals surface area contributed by atoms with E-state index in [2.05, 4.69) is 0 Å². The van der Waals surface area contributed by atoms with Gasteiger partial charge in [-0.05, 0) is 38.1 Å². The molecule has 27 heavy (non-hydrogen) atoms. The van der Waals surface area contributed by atoms with Gasteiger partial charge in [-0.25, -0.2) is 16.8 Å². The molecule has 8 heteroatoms. The molecule has 0 aliphatic heterocycles. The van der Waals surface area contributed by atoms with Gasteiger partial charge in [0.05, 0.1) is 9.79 Å². The number of methoxy groups -OCH3 is 1. The second kappa shape index (κ2) is 9.25. The largest absolute Gasteiger partial charge is 0.371 e. The molecule has 0 spiro atoms. The fourth-order valence-electron chi connectivity index (χ4n) is 1.84. The molecule has 0 aliphatic carbocycles. The number of ketones is 1. The Morgan fingerprint density at radius 3 is 1.59 bits per heavy atom. The van der Waals surface area contributed by atoms with Crippen LogP contribution in [0.15, 0.2) is 70.5 Å². The maximum Gasteiger partial charge on any atom is 0.185 e. The Bertz CT molecular complexity index is 948. The van der Waals surface area contributed by atoms with Crippen LogP contribution in [0.1, 0.15) is 13.8 Å². The number of ether oxygens (including phenoxy) is 1. The molecule has 2 aromatic rings. The lowest BCUT2D eigenvalue weighted by Crippen LogP contribution is -2.38. The van der Waals surface area contributed by atoms with Gasteiger partial charge < -0.3 is 4.74 Å². The molecule has 2 rings (SSSR count). The van der Waals surface area contributed by atoms with Crippen LogP contribution in [0.3, 0.4) is 0 Å². The maximum atomic E-state index is 11.9. The summed E-state index contributed by atoms with van der Waals surface area (Å²) < 4.78 is 50.5. The normalized spacial score (nSPS) is 12.0. The van der Waals surface area contributed by atoms with Crippen molar-refractivity contribution in [1.82, 2.24) is 0 Å². The van der Waals surface area contributed by atoms with Crippen molar-refractivity contribution in [2.45, 2.75) is 29.2 Å². The van der Waals surface area contributed by atoms with Crippen molar-refractivity contribution >= 4 is 25.5 Å². The van der Waals surface area contributed by atoms with Gasteiger partial charge in [0.1, 0.15) is 11.4 Å². The van der Waals surface area contributed by atoms with Crippen LogP contribution < -0.4 is 0 Å². The highest BCUT2D eigenvalue weighted by molar-refractivity contribution is 7.92. The second-order valence-electron chi connectivity index (χ2n) is 6.29. The summed E-state index contributed by atoms with van der Waals surface area (Å²) >= 11 is 0. The van der Waals surface area contributed by atoms with Crippen LogP contribution in [0.4, 0.5) is 0 Å². The molecule has 0 aromatic heterocycles. The van der Waals surface area contributed by atoms with E-state index in [-0.39, 0.29) is 4.90 Å². The Hall–Kier alpha value is -2.03. The Morgan fingerprint density at radius 1 is 0.852 bits per heavy atom. The van der Waals surface area contributed by atoms with Crippen molar-refractivity contribution in [2.24, 2.45) is 0 Å². The molecule has 0 atom stereocenters. The summed E-state index contributed by atoms with van der Waals surface area (Å²) in [5, 5.41) is 0. The van der Waals surface area contributed by atoms with Crippen molar-refractivity contribution in [3.8, 4) is 0 Å². The highest BCUT2D eigenvalue weighted by Gasteiger charge is 2.31. The molecule has 0 fully saturated rings. The van der Waals surface area contributed by atoms with Gasteiger partial charge in [-0.2, -0.15) is 0 Å². The SMILES string of the molecule is COC(C)(C)C(=O)CS(=O)(=O)c1ccccc1.CS(=O)(=O)c1ccccc1. The Kier molecular flexibility index (Phi) is 7.89. The monoisotopic (exact) mass is 412 g/mol. The molecule has 6 nitrogen and oxygen atoms in total. The number of carbonyl (C=O) groups excluding carboxylic acids is 1. The molecular formula is C19H24O6S2. The van der Waals surface area contributed by atoms with E-state index in [0.717, 1.165) is 0 Å². The predicted molar refractivity (Wildman–Crippen MR) is 104 cm³/mol. The topological polar surface area (TPSA) is 94.6 Å². The number of benzene rings is 2. The molecule has 148 valence electrons. The first-order chi connectivity index (χ1) is 12.4. The zero-order valence-electron chi connectivity index (χ0n) is 15.7. The summed E-state index contributed by atoms with van der Waals surface area (Å²) in [6, 6.07) is 16.3. The average Bonchev–Trinajstić information content (AvgIpc) is 2.62.